The molecular formula is C29H33Cl2N3O4S. The van der Waals surface area contributed by atoms with Gasteiger partial charge in [0.05, 0.1) is 10.6 Å². The minimum atomic E-state index is -4.12. The van der Waals surface area contributed by atoms with Crippen molar-refractivity contribution in [2.45, 2.75) is 51.1 Å². The number of anilines is 1. The molecule has 3 rings (SSSR count). The molecule has 208 valence electrons. The number of amides is 2. The minimum Gasteiger partial charge on any atom is -0.354 e. The fourth-order valence-electron chi connectivity index (χ4n) is 4.17. The molecule has 2 amide bonds. The van der Waals surface area contributed by atoms with Gasteiger partial charge in [0, 0.05) is 28.7 Å². The lowest BCUT2D eigenvalue weighted by atomic mass is 10.1. The molecule has 3 aromatic rings. The molecule has 3 aromatic carbocycles. The number of carbonyl (C=O) groups excluding carboxylic acids is 2. The predicted molar refractivity (Wildman–Crippen MR) is 157 cm³/mol. The summed E-state index contributed by atoms with van der Waals surface area (Å²) in [6.45, 7) is 5.42. The highest BCUT2D eigenvalue weighted by molar-refractivity contribution is 7.92. The second-order valence-electron chi connectivity index (χ2n) is 9.10. The van der Waals surface area contributed by atoms with Gasteiger partial charge in [-0.05, 0) is 61.7 Å². The molecule has 0 heterocycles. The van der Waals surface area contributed by atoms with Crippen LogP contribution in [0.2, 0.25) is 10.0 Å². The third-order valence-corrected chi connectivity index (χ3v) is 8.72. The van der Waals surface area contributed by atoms with E-state index in [2.05, 4.69) is 5.32 Å². The van der Waals surface area contributed by atoms with Gasteiger partial charge in [-0.15, -0.1) is 0 Å². The van der Waals surface area contributed by atoms with Crippen LogP contribution in [0.25, 0.3) is 0 Å². The number of hydrogen-bond donors (Lipinski definition) is 1. The van der Waals surface area contributed by atoms with Crippen molar-refractivity contribution in [3.05, 3.63) is 94.0 Å². The average Bonchev–Trinajstić information content (AvgIpc) is 2.92. The first-order valence-electron chi connectivity index (χ1n) is 12.7. The SMILES string of the molecule is CCCNC(=O)C(CC)N(Cc1c(Cl)cccc1Cl)C(=O)CN(c1cccc(C)c1)S(=O)(=O)c1ccccc1. The molecule has 1 unspecified atom stereocenters. The topological polar surface area (TPSA) is 86.8 Å². The zero-order valence-corrected chi connectivity index (χ0v) is 24.6. The highest BCUT2D eigenvalue weighted by Crippen LogP contribution is 2.29. The highest BCUT2D eigenvalue weighted by Gasteiger charge is 2.34. The summed E-state index contributed by atoms with van der Waals surface area (Å²) >= 11 is 12.9. The molecule has 0 saturated heterocycles. The number of carbonyl (C=O) groups is 2. The summed E-state index contributed by atoms with van der Waals surface area (Å²) in [5.74, 6) is -0.894. The zero-order chi connectivity index (χ0) is 28.6. The van der Waals surface area contributed by atoms with Gasteiger partial charge in [-0.3, -0.25) is 13.9 Å². The Morgan fingerprint density at radius 3 is 2.15 bits per heavy atom. The van der Waals surface area contributed by atoms with Crippen molar-refractivity contribution in [1.82, 2.24) is 10.2 Å². The van der Waals surface area contributed by atoms with Crippen molar-refractivity contribution < 1.29 is 18.0 Å². The maximum absolute atomic E-state index is 14.0. The van der Waals surface area contributed by atoms with Gasteiger partial charge in [-0.25, -0.2) is 8.42 Å². The third-order valence-electron chi connectivity index (χ3n) is 6.23. The molecule has 0 aromatic heterocycles. The van der Waals surface area contributed by atoms with Gasteiger partial charge in [0.25, 0.3) is 10.0 Å². The molecule has 0 radical (unpaired) electrons. The van der Waals surface area contributed by atoms with E-state index in [4.69, 9.17) is 23.2 Å². The highest BCUT2D eigenvalue weighted by atomic mass is 35.5. The largest absolute Gasteiger partial charge is 0.354 e. The van der Waals surface area contributed by atoms with Crippen LogP contribution in [0.3, 0.4) is 0 Å². The van der Waals surface area contributed by atoms with E-state index in [9.17, 15) is 18.0 Å². The van der Waals surface area contributed by atoms with Crippen LogP contribution in [-0.2, 0) is 26.2 Å². The van der Waals surface area contributed by atoms with E-state index in [1.54, 1.807) is 61.5 Å². The van der Waals surface area contributed by atoms with Crippen molar-refractivity contribution in [3.63, 3.8) is 0 Å². The van der Waals surface area contributed by atoms with E-state index in [0.717, 1.165) is 16.3 Å². The van der Waals surface area contributed by atoms with E-state index in [1.807, 2.05) is 19.9 Å². The fourth-order valence-corrected chi connectivity index (χ4v) is 6.11. The molecule has 1 N–H and O–H groups in total. The van der Waals surface area contributed by atoms with E-state index < -0.39 is 28.5 Å². The summed E-state index contributed by atoms with van der Waals surface area (Å²) < 4.78 is 28.7. The van der Waals surface area contributed by atoms with Crippen molar-refractivity contribution >= 4 is 50.7 Å². The number of nitrogens with zero attached hydrogens (tertiary/aromatic N) is 2. The standard InChI is InChI=1S/C29H33Cl2N3O4S/c1-4-17-32-29(36)27(5-2)33(19-24-25(30)15-10-16-26(24)31)28(35)20-34(22-12-9-11-21(3)18-22)39(37,38)23-13-7-6-8-14-23/h6-16,18,27H,4-5,17,19-20H2,1-3H3,(H,32,36). The van der Waals surface area contributed by atoms with Gasteiger partial charge >= 0.3 is 0 Å². The first-order chi connectivity index (χ1) is 18.6. The Labute approximate surface area is 240 Å². The van der Waals surface area contributed by atoms with Crippen molar-refractivity contribution in [1.29, 1.82) is 0 Å². The second-order valence-corrected chi connectivity index (χ2v) is 11.8. The van der Waals surface area contributed by atoms with Crippen molar-refractivity contribution in [2.75, 3.05) is 17.4 Å². The third kappa shape index (κ3) is 7.53. The molecule has 10 heteroatoms. The number of rotatable bonds is 12. The van der Waals surface area contributed by atoms with E-state index in [0.29, 0.717) is 34.3 Å². The summed E-state index contributed by atoms with van der Waals surface area (Å²) in [5.41, 5.74) is 1.65. The van der Waals surface area contributed by atoms with Gasteiger partial charge in [0.1, 0.15) is 12.6 Å². The monoisotopic (exact) mass is 589 g/mol. The van der Waals surface area contributed by atoms with Crippen molar-refractivity contribution in [2.24, 2.45) is 0 Å². The average molecular weight is 591 g/mol. The van der Waals surface area contributed by atoms with E-state index in [-0.39, 0.29) is 17.3 Å². The van der Waals surface area contributed by atoms with Crippen LogP contribution >= 0.6 is 23.2 Å². The van der Waals surface area contributed by atoms with E-state index in [1.165, 1.54) is 17.0 Å². The minimum absolute atomic E-state index is 0.0488. The Balaban J connectivity index is 2.08. The summed E-state index contributed by atoms with van der Waals surface area (Å²) in [6.07, 6.45) is 1.03. The summed E-state index contributed by atoms with van der Waals surface area (Å²) in [7, 11) is -4.12. The molecular weight excluding hydrogens is 557 g/mol. The van der Waals surface area contributed by atoms with Crippen LogP contribution in [0.4, 0.5) is 5.69 Å². The van der Waals surface area contributed by atoms with Crippen LogP contribution < -0.4 is 9.62 Å². The summed E-state index contributed by atoms with van der Waals surface area (Å²) in [4.78, 5) is 28.6. The van der Waals surface area contributed by atoms with Gasteiger partial charge in [0.15, 0.2) is 0 Å². The molecule has 0 saturated carbocycles. The van der Waals surface area contributed by atoms with Gasteiger partial charge in [-0.2, -0.15) is 0 Å². The Morgan fingerprint density at radius 1 is 0.923 bits per heavy atom. The molecule has 0 aliphatic rings. The molecule has 0 aliphatic heterocycles. The molecule has 0 fully saturated rings. The molecule has 39 heavy (non-hydrogen) atoms. The maximum atomic E-state index is 14.0. The number of nitrogens with one attached hydrogen (secondary N) is 1. The van der Waals surface area contributed by atoms with Gasteiger partial charge < -0.3 is 10.2 Å². The van der Waals surface area contributed by atoms with Crippen LogP contribution in [0.1, 0.15) is 37.8 Å². The lowest BCUT2D eigenvalue weighted by molar-refractivity contribution is -0.140. The predicted octanol–water partition coefficient (Wildman–Crippen LogP) is 5.83. The fraction of sp³-hybridized carbons (Fsp3) is 0.310. The Kier molecular flexibility index (Phi) is 10.8. The lowest BCUT2D eigenvalue weighted by Gasteiger charge is -2.33. The second kappa shape index (κ2) is 13.8. The molecule has 1 atom stereocenters. The van der Waals surface area contributed by atoms with Crippen molar-refractivity contribution in [3.8, 4) is 0 Å². The van der Waals surface area contributed by atoms with Gasteiger partial charge in [0.2, 0.25) is 11.8 Å². The number of aryl methyl sites for hydroxylation is 1. The summed E-state index contributed by atoms with van der Waals surface area (Å²) in [5, 5.41) is 3.54. The maximum Gasteiger partial charge on any atom is 0.264 e. The van der Waals surface area contributed by atoms with Crippen LogP contribution in [0, 0.1) is 6.92 Å². The molecule has 7 nitrogen and oxygen atoms in total. The van der Waals surface area contributed by atoms with Crippen LogP contribution in [0.15, 0.2) is 77.7 Å². The first-order valence-corrected chi connectivity index (χ1v) is 14.9. The Hall–Kier alpha value is -3.07. The molecule has 0 bridgehead atoms. The quantitative estimate of drug-likeness (QED) is 0.288. The lowest BCUT2D eigenvalue weighted by Crippen LogP contribution is -2.52. The van der Waals surface area contributed by atoms with E-state index >= 15 is 0 Å². The zero-order valence-electron chi connectivity index (χ0n) is 22.2. The number of benzene rings is 3. The van der Waals surface area contributed by atoms with Gasteiger partial charge in [-0.1, -0.05) is 73.4 Å². The molecule has 0 aliphatic carbocycles. The number of halogens is 2. The Morgan fingerprint density at radius 2 is 1.56 bits per heavy atom. The smallest absolute Gasteiger partial charge is 0.264 e. The Bertz CT molecular complexity index is 1380. The first kappa shape index (κ1) is 30.5. The normalized spacial score (nSPS) is 12.0. The number of hydrogen-bond acceptors (Lipinski definition) is 4. The number of sulfonamides is 1. The summed E-state index contributed by atoms with van der Waals surface area (Å²) in [6, 6.07) is 19.0. The van der Waals surface area contributed by atoms with Crippen LogP contribution in [0.5, 0.6) is 0 Å². The van der Waals surface area contributed by atoms with Crippen LogP contribution in [-0.4, -0.2) is 44.3 Å². The molecule has 0 spiro atoms.